The van der Waals surface area contributed by atoms with Gasteiger partial charge in [-0.3, -0.25) is 4.40 Å². The van der Waals surface area contributed by atoms with Gasteiger partial charge in [0.1, 0.15) is 11.4 Å². The van der Waals surface area contributed by atoms with E-state index in [1.54, 1.807) is 0 Å². The number of nitrogens with zero attached hydrogens (tertiary/aromatic N) is 3. The maximum atomic E-state index is 10.8. The van der Waals surface area contributed by atoms with Crippen molar-refractivity contribution in [3.63, 3.8) is 0 Å². The number of H-pyrrole nitrogens is 1. The summed E-state index contributed by atoms with van der Waals surface area (Å²) in [5, 5.41) is 10.8. The summed E-state index contributed by atoms with van der Waals surface area (Å²) < 4.78 is 1.95. The van der Waals surface area contributed by atoms with E-state index in [9.17, 15) is 4.79 Å². The van der Waals surface area contributed by atoms with Crippen molar-refractivity contribution in [1.82, 2.24) is 19.4 Å². The van der Waals surface area contributed by atoms with Gasteiger partial charge in [-0.1, -0.05) is 0 Å². The first-order valence-corrected chi connectivity index (χ1v) is 5.75. The average molecular weight is 248 g/mol. The number of aryl methyl sites for hydroxylation is 1. The molecule has 0 fully saturated rings. The van der Waals surface area contributed by atoms with Crippen LogP contribution in [-0.4, -0.2) is 30.4 Å². The van der Waals surface area contributed by atoms with Crippen molar-refractivity contribution >= 4 is 22.3 Å². The Morgan fingerprint density at radius 2 is 2.41 bits per heavy atom. The van der Waals surface area contributed by atoms with Crippen molar-refractivity contribution in [3.8, 4) is 11.5 Å². The van der Waals surface area contributed by atoms with Gasteiger partial charge in [-0.05, 0) is 6.92 Å². The molecule has 3 aromatic heterocycles. The number of aromatic amines is 1. The third kappa shape index (κ3) is 1.43. The number of aromatic nitrogens is 4. The van der Waals surface area contributed by atoms with Gasteiger partial charge in [-0.25, -0.2) is 14.8 Å². The van der Waals surface area contributed by atoms with Gasteiger partial charge in [-0.2, -0.15) is 0 Å². The third-order valence-electron chi connectivity index (χ3n) is 2.53. The molecule has 2 N–H and O–H groups in total. The minimum absolute atomic E-state index is 0.0655. The zero-order valence-electron chi connectivity index (χ0n) is 8.84. The fourth-order valence-corrected chi connectivity index (χ4v) is 2.43. The number of hydrogen-bond acceptors (Lipinski definition) is 4. The molecule has 7 heteroatoms. The highest BCUT2D eigenvalue weighted by Gasteiger charge is 2.15. The number of thiazole rings is 1. The number of nitrogens with one attached hydrogen (secondary N) is 1. The number of hydrogen-bond donors (Lipinski definition) is 2. The van der Waals surface area contributed by atoms with Gasteiger partial charge in [0.15, 0.2) is 10.8 Å². The van der Waals surface area contributed by atoms with Crippen molar-refractivity contribution in [2.45, 2.75) is 6.92 Å². The molecule has 0 saturated carbocycles. The van der Waals surface area contributed by atoms with Gasteiger partial charge in [0.25, 0.3) is 0 Å². The molecule has 3 aromatic rings. The average Bonchev–Trinajstić information content (AvgIpc) is 2.95. The van der Waals surface area contributed by atoms with E-state index in [-0.39, 0.29) is 5.69 Å². The van der Waals surface area contributed by atoms with Crippen molar-refractivity contribution < 1.29 is 9.90 Å². The zero-order chi connectivity index (χ0) is 12.0. The lowest BCUT2D eigenvalue weighted by atomic mass is 10.3. The van der Waals surface area contributed by atoms with Crippen LogP contribution in [-0.2, 0) is 0 Å². The standard InChI is InChI=1S/C10H8N4O2S/c1-5-7(13-10-14(5)2-3-17-10)8-11-4-6(12-8)9(15)16/h2-4H,1H3,(H,11,12)(H,15,16). The monoisotopic (exact) mass is 248 g/mol. The van der Waals surface area contributed by atoms with Crippen LogP contribution >= 0.6 is 11.3 Å². The van der Waals surface area contributed by atoms with E-state index >= 15 is 0 Å². The van der Waals surface area contributed by atoms with Crippen LogP contribution in [0.15, 0.2) is 17.8 Å². The normalized spacial score (nSPS) is 11.1. The number of carboxylic acid groups (broad SMARTS) is 1. The van der Waals surface area contributed by atoms with E-state index in [1.165, 1.54) is 17.5 Å². The molecule has 3 rings (SSSR count). The Bertz CT molecular complexity index is 709. The molecular weight excluding hydrogens is 240 g/mol. The molecular formula is C10H8N4O2S. The predicted octanol–water partition coefficient (Wildman–Crippen LogP) is 1.79. The molecule has 17 heavy (non-hydrogen) atoms. The fourth-order valence-electron chi connectivity index (χ4n) is 1.67. The van der Waals surface area contributed by atoms with Crippen LogP contribution in [0, 0.1) is 6.92 Å². The second-order valence-electron chi connectivity index (χ2n) is 3.55. The maximum Gasteiger partial charge on any atom is 0.353 e. The molecule has 0 aliphatic heterocycles. The number of carboxylic acids is 1. The van der Waals surface area contributed by atoms with Gasteiger partial charge in [0.2, 0.25) is 0 Å². The number of imidazole rings is 2. The lowest BCUT2D eigenvalue weighted by Crippen LogP contribution is -1.95. The molecule has 0 bridgehead atoms. The molecule has 0 aliphatic carbocycles. The summed E-state index contributed by atoms with van der Waals surface area (Å²) in [4.78, 5) is 22.8. The molecule has 0 aromatic carbocycles. The summed E-state index contributed by atoms with van der Waals surface area (Å²) in [5.74, 6) is -0.543. The number of carbonyl (C=O) groups is 1. The van der Waals surface area contributed by atoms with Crippen LogP contribution in [0.1, 0.15) is 16.2 Å². The topological polar surface area (TPSA) is 83.3 Å². The molecule has 0 saturated heterocycles. The van der Waals surface area contributed by atoms with Crippen LogP contribution in [0.3, 0.4) is 0 Å². The molecule has 0 unspecified atom stereocenters. The zero-order valence-corrected chi connectivity index (χ0v) is 9.65. The molecule has 6 nitrogen and oxygen atoms in total. The lowest BCUT2D eigenvalue weighted by Gasteiger charge is -1.93. The summed E-state index contributed by atoms with van der Waals surface area (Å²) in [5.41, 5.74) is 1.69. The molecule has 3 heterocycles. The molecule has 0 radical (unpaired) electrons. The van der Waals surface area contributed by atoms with Crippen LogP contribution in [0.2, 0.25) is 0 Å². The van der Waals surface area contributed by atoms with E-state index in [2.05, 4.69) is 15.0 Å². The van der Waals surface area contributed by atoms with Crippen molar-refractivity contribution in [2.75, 3.05) is 0 Å². The maximum absolute atomic E-state index is 10.8. The smallest absolute Gasteiger partial charge is 0.353 e. The number of rotatable bonds is 2. The summed E-state index contributed by atoms with van der Waals surface area (Å²) in [6, 6.07) is 0. The van der Waals surface area contributed by atoms with Crippen LogP contribution in [0.5, 0.6) is 0 Å². The third-order valence-corrected chi connectivity index (χ3v) is 3.29. The Labute approximate surface area is 99.6 Å². The first kappa shape index (κ1) is 10.0. The lowest BCUT2D eigenvalue weighted by molar-refractivity contribution is 0.0691. The van der Waals surface area contributed by atoms with E-state index in [4.69, 9.17) is 5.11 Å². The van der Waals surface area contributed by atoms with Gasteiger partial charge >= 0.3 is 5.97 Å². The van der Waals surface area contributed by atoms with Gasteiger partial charge in [0.05, 0.1) is 11.9 Å². The molecule has 0 amide bonds. The molecule has 0 atom stereocenters. The van der Waals surface area contributed by atoms with E-state index in [0.717, 1.165) is 10.7 Å². The van der Waals surface area contributed by atoms with Gasteiger partial charge in [0, 0.05) is 11.6 Å². The van der Waals surface area contributed by atoms with Crippen LogP contribution in [0.4, 0.5) is 0 Å². The van der Waals surface area contributed by atoms with E-state index < -0.39 is 5.97 Å². The summed E-state index contributed by atoms with van der Waals surface area (Å²) in [7, 11) is 0. The summed E-state index contributed by atoms with van der Waals surface area (Å²) >= 11 is 1.52. The van der Waals surface area contributed by atoms with Crippen LogP contribution in [0.25, 0.3) is 16.5 Å². The first-order chi connectivity index (χ1) is 8.16. The quantitative estimate of drug-likeness (QED) is 0.724. The second kappa shape index (κ2) is 3.42. The van der Waals surface area contributed by atoms with Crippen molar-refractivity contribution in [2.24, 2.45) is 0 Å². The fraction of sp³-hybridized carbons (Fsp3) is 0.100. The number of aromatic carboxylic acids is 1. The first-order valence-electron chi connectivity index (χ1n) is 4.87. The van der Waals surface area contributed by atoms with E-state index in [1.807, 2.05) is 22.9 Å². The summed E-state index contributed by atoms with van der Waals surface area (Å²) in [6.07, 6.45) is 3.22. The minimum Gasteiger partial charge on any atom is -0.477 e. The molecule has 86 valence electrons. The highest BCUT2D eigenvalue weighted by atomic mass is 32.1. The Morgan fingerprint density at radius 1 is 1.59 bits per heavy atom. The highest BCUT2D eigenvalue weighted by Crippen LogP contribution is 2.23. The van der Waals surface area contributed by atoms with Crippen molar-refractivity contribution in [3.05, 3.63) is 29.2 Å². The van der Waals surface area contributed by atoms with E-state index in [0.29, 0.717) is 11.5 Å². The van der Waals surface area contributed by atoms with Crippen LogP contribution < -0.4 is 0 Å². The Hall–Kier alpha value is -2.15. The van der Waals surface area contributed by atoms with Gasteiger partial charge in [-0.15, -0.1) is 11.3 Å². The SMILES string of the molecule is Cc1c(-c2ncc(C(=O)O)[nH]2)nc2sccn12. The predicted molar refractivity (Wildman–Crippen MR) is 62.3 cm³/mol. The van der Waals surface area contributed by atoms with Gasteiger partial charge < -0.3 is 10.1 Å². The second-order valence-corrected chi connectivity index (χ2v) is 4.43. The Balaban J connectivity index is 2.16. The Morgan fingerprint density at radius 3 is 3.06 bits per heavy atom. The summed E-state index contributed by atoms with van der Waals surface area (Å²) in [6.45, 7) is 1.92. The molecule has 0 spiro atoms. The van der Waals surface area contributed by atoms with Crippen molar-refractivity contribution in [1.29, 1.82) is 0 Å². The largest absolute Gasteiger partial charge is 0.477 e. The Kier molecular flexibility index (Phi) is 2.02. The molecule has 0 aliphatic rings. The highest BCUT2D eigenvalue weighted by molar-refractivity contribution is 7.15. The number of fused-ring (bicyclic) bond motifs is 1. The minimum atomic E-state index is -1.03.